The standard InChI is InChI=1S/C13H28B/c1-7-8-9-12(4)10-14-13(5,6)11(2)3/h11-12H,7-10H2,1-6H3. The fourth-order valence-electron chi connectivity index (χ4n) is 1.41. The molecule has 0 bridgehead atoms. The molecule has 0 spiro atoms. The van der Waals surface area contributed by atoms with Crippen LogP contribution in [0.1, 0.15) is 60.8 Å². The van der Waals surface area contributed by atoms with Crippen LogP contribution in [0.3, 0.4) is 0 Å². The van der Waals surface area contributed by atoms with Crippen LogP contribution in [0.25, 0.3) is 0 Å². The first-order valence-electron chi connectivity index (χ1n) is 6.24. The molecule has 1 heteroatoms. The summed E-state index contributed by atoms with van der Waals surface area (Å²) in [4.78, 5) is 0. The summed E-state index contributed by atoms with van der Waals surface area (Å²) >= 11 is 0. The molecule has 0 aromatic heterocycles. The highest BCUT2D eigenvalue weighted by Gasteiger charge is 2.23. The summed E-state index contributed by atoms with van der Waals surface area (Å²) in [5.41, 5.74) is 0. The van der Waals surface area contributed by atoms with Crippen molar-refractivity contribution in [3.8, 4) is 0 Å². The second kappa shape index (κ2) is 6.53. The zero-order valence-electron chi connectivity index (χ0n) is 11.1. The minimum absolute atomic E-state index is 0.403. The van der Waals surface area contributed by atoms with Crippen molar-refractivity contribution in [1.29, 1.82) is 0 Å². The lowest BCUT2D eigenvalue weighted by atomic mass is 9.46. The minimum Gasteiger partial charge on any atom is -0.0771 e. The van der Waals surface area contributed by atoms with Crippen molar-refractivity contribution in [1.82, 2.24) is 0 Å². The third kappa shape index (κ3) is 5.72. The second-order valence-electron chi connectivity index (χ2n) is 5.66. The van der Waals surface area contributed by atoms with Crippen LogP contribution in [-0.4, -0.2) is 7.28 Å². The van der Waals surface area contributed by atoms with Gasteiger partial charge in [-0.25, -0.2) is 0 Å². The van der Waals surface area contributed by atoms with Gasteiger partial charge in [-0.3, -0.25) is 0 Å². The molecule has 1 unspecified atom stereocenters. The van der Waals surface area contributed by atoms with Gasteiger partial charge in [-0.2, -0.15) is 0 Å². The van der Waals surface area contributed by atoms with Crippen molar-refractivity contribution < 1.29 is 0 Å². The van der Waals surface area contributed by atoms with Gasteiger partial charge in [0.05, 0.1) is 0 Å². The third-order valence-corrected chi connectivity index (χ3v) is 3.58. The van der Waals surface area contributed by atoms with E-state index in [-0.39, 0.29) is 0 Å². The summed E-state index contributed by atoms with van der Waals surface area (Å²) in [6, 6.07) is 0. The monoisotopic (exact) mass is 195 g/mol. The molecule has 0 aromatic carbocycles. The summed E-state index contributed by atoms with van der Waals surface area (Å²) in [6.45, 7) is 14.0. The van der Waals surface area contributed by atoms with Crippen LogP contribution >= 0.6 is 0 Å². The molecule has 0 nitrogen and oxygen atoms in total. The van der Waals surface area contributed by atoms with Crippen molar-refractivity contribution in [3.05, 3.63) is 0 Å². The summed E-state index contributed by atoms with van der Waals surface area (Å²) in [5.74, 6) is 1.62. The fourth-order valence-corrected chi connectivity index (χ4v) is 1.41. The summed E-state index contributed by atoms with van der Waals surface area (Å²) in [6.07, 6.45) is 5.39. The Morgan fingerprint density at radius 1 is 1.14 bits per heavy atom. The van der Waals surface area contributed by atoms with Gasteiger partial charge in [0.2, 0.25) is 0 Å². The molecule has 0 heterocycles. The number of unbranched alkanes of at least 4 members (excludes halogenated alkanes) is 1. The van der Waals surface area contributed by atoms with E-state index in [0.717, 1.165) is 11.8 Å². The molecule has 83 valence electrons. The first kappa shape index (κ1) is 14.1. The van der Waals surface area contributed by atoms with E-state index in [2.05, 4.69) is 48.8 Å². The average Bonchev–Trinajstić information content (AvgIpc) is 2.11. The summed E-state index contributed by atoms with van der Waals surface area (Å²) in [5, 5.41) is 0.403. The molecule has 0 saturated heterocycles. The smallest absolute Gasteiger partial charge is 0.0771 e. The predicted octanol–water partition coefficient (Wildman–Crippen LogP) is 4.79. The van der Waals surface area contributed by atoms with E-state index in [1.807, 2.05) is 0 Å². The van der Waals surface area contributed by atoms with E-state index in [0.29, 0.717) is 5.31 Å². The normalized spacial score (nSPS) is 14.5. The molecule has 0 aliphatic heterocycles. The van der Waals surface area contributed by atoms with Crippen molar-refractivity contribution in [2.45, 2.75) is 72.4 Å². The van der Waals surface area contributed by atoms with Crippen LogP contribution in [-0.2, 0) is 0 Å². The van der Waals surface area contributed by atoms with E-state index < -0.39 is 0 Å². The number of hydrogen-bond donors (Lipinski definition) is 0. The van der Waals surface area contributed by atoms with Crippen LogP contribution in [0.2, 0.25) is 11.6 Å². The molecular formula is C13H28B. The van der Waals surface area contributed by atoms with Gasteiger partial charge in [0.25, 0.3) is 0 Å². The molecule has 14 heavy (non-hydrogen) atoms. The maximum Gasteiger partial charge on any atom is 0.117 e. The SMILES string of the molecule is CCCCC(C)C[B]C(C)(C)C(C)C. The Morgan fingerprint density at radius 3 is 2.14 bits per heavy atom. The molecule has 1 radical (unpaired) electrons. The van der Waals surface area contributed by atoms with Crippen molar-refractivity contribution in [2.24, 2.45) is 11.8 Å². The highest BCUT2D eigenvalue weighted by Crippen LogP contribution is 2.34. The van der Waals surface area contributed by atoms with Gasteiger partial charge in [0, 0.05) is 0 Å². The molecule has 0 amide bonds. The molecule has 0 aromatic rings. The lowest BCUT2D eigenvalue weighted by Crippen LogP contribution is -2.20. The zero-order valence-corrected chi connectivity index (χ0v) is 11.1. The van der Waals surface area contributed by atoms with Gasteiger partial charge in [-0.1, -0.05) is 78.4 Å². The first-order chi connectivity index (χ1) is 6.40. The third-order valence-electron chi connectivity index (χ3n) is 3.58. The Balaban J connectivity index is 3.70. The Hall–Kier alpha value is 0.0649. The Bertz CT molecular complexity index is 138. The van der Waals surface area contributed by atoms with Crippen molar-refractivity contribution in [3.63, 3.8) is 0 Å². The fraction of sp³-hybridized carbons (Fsp3) is 1.00. The van der Waals surface area contributed by atoms with Crippen LogP contribution in [0.4, 0.5) is 0 Å². The minimum atomic E-state index is 0.403. The van der Waals surface area contributed by atoms with E-state index >= 15 is 0 Å². The molecular weight excluding hydrogens is 167 g/mol. The van der Waals surface area contributed by atoms with Gasteiger partial charge in [-0.05, 0) is 5.92 Å². The molecule has 0 aliphatic carbocycles. The highest BCUT2D eigenvalue weighted by atomic mass is 14.2. The maximum atomic E-state index is 2.53. The van der Waals surface area contributed by atoms with E-state index in [9.17, 15) is 0 Å². The molecule has 0 aliphatic rings. The molecule has 1 atom stereocenters. The van der Waals surface area contributed by atoms with Crippen molar-refractivity contribution >= 4 is 7.28 Å². The topological polar surface area (TPSA) is 0 Å². The number of hydrogen-bond acceptors (Lipinski definition) is 0. The van der Waals surface area contributed by atoms with Gasteiger partial charge in [-0.15, -0.1) is 0 Å². The zero-order chi connectivity index (χ0) is 11.2. The van der Waals surface area contributed by atoms with E-state index in [1.165, 1.54) is 25.6 Å². The van der Waals surface area contributed by atoms with Gasteiger partial charge >= 0.3 is 0 Å². The van der Waals surface area contributed by atoms with Crippen molar-refractivity contribution in [2.75, 3.05) is 0 Å². The Labute approximate surface area is 92.1 Å². The van der Waals surface area contributed by atoms with Crippen LogP contribution < -0.4 is 0 Å². The van der Waals surface area contributed by atoms with Crippen LogP contribution in [0.15, 0.2) is 0 Å². The average molecular weight is 195 g/mol. The molecule has 0 fully saturated rings. The quantitative estimate of drug-likeness (QED) is 0.512. The number of rotatable bonds is 7. The maximum absolute atomic E-state index is 2.53. The first-order valence-corrected chi connectivity index (χ1v) is 6.24. The molecule has 0 N–H and O–H groups in total. The summed E-state index contributed by atoms with van der Waals surface area (Å²) in [7, 11) is 2.53. The van der Waals surface area contributed by atoms with E-state index in [4.69, 9.17) is 0 Å². The van der Waals surface area contributed by atoms with Crippen LogP contribution in [0, 0.1) is 11.8 Å². The highest BCUT2D eigenvalue weighted by molar-refractivity contribution is 6.39. The van der Waals surface area contributed by atoms with Crippen LogP contribution in [0.5, 0.6) is 0 Å². The molecule has 0 saturated carbocycles. The van der Waals surface area contributed by atoms with Gasteiger partial charge in [0.1, 0.15) is 7.28 Å². The summed E-state index contributed by atoms with van der Waals surface area (Å²) < 4.78 is 0. The lowest BCUT2D eigenvalue weighted by molar-refractivity contribution is 0.463. The molecule has 0 rings (SSSR count). The largest absolute Gasteiger partial charge is 0.117 e. The van der Waals surface area contributed by atoms with Gasteiger partial charge in [0.15, 0.2) is 0 Å². The second-order valence-corrected chi connectivity index (χ2v) is 5.66. The predicted molar refractivity (Wildman–Crippen MR) is 68.1 cm³/mol. The Morgan fingerprint density at radius 2 is 1.71 bits per heavy atom. The lowest BCUT2D eigenvalue weighted by Gasteiger charge is -2.29. The van der Waals surface area contributed by atoms with E-state index in [1.54, 1.807) is 0 Å². The van der Waals surface area contributed by atoms with Gasteiger partial charge < -0.3 is 0 Å². The Kier molecular flexibility index (Phi) is 6.56.